The van der Waals surface area contributed by atoms with Crippen LogP contribution in [-0.2, 0) is 72.0 Å². The molecule has 5 unspecified atom stereocenters. The number of benzene rings is 1. The van der Waals surface area contributed by atoms with Crippen molar-refractivity contribution in [2.45, 2.75) is 120 Å². The number of nitrogens with zero attached hydrogens (tertiary/aromatic N) is 8. The number of imide groups is 1. The first kappa shape index (κ1) is 64.3. The molecule has 3 fully saturated rings. The van der Waals surface area contributed by atoms with Crippen molar-refractivity contribution in [3.8, 4) is 0 Å². The number of aliphatic hydroxyl groups excluding tert-OH is 2. The van der Waals surface area contributed by atoms with Gasteiger partial charge < -0.3 is 66.9 Å². The third-order valence-electron chi connectivity index (χ3n) is 14.2. The Kier molecular flexibility index (Phi) is 20.1. The maximum Gasteiger partial charge on any atom is 0.472 e. The van der Waals surface area contributed by atoms with Crippen LogP contribution >= 0.6 is 15.6 Å². The predicted molar refractivity (Wildman–Crippen MR) is 298 cm³/mol. The molecule has 88 heavy (non-hydrogen) atoms. The SMILES string of the molecule is CC(C)[C@H](NC(=O)CCCCCN1C(=O)C=CC1=O)C(=O)N[C@@H](CCCNC(N)=O)C(=O)Nc1ccc(COC(=O)Nc2ncnc3c2ncn3[C@@H]2O[C@@H]3COP(=O)(O)O[C@@H]4C(O)[C@H](n5cnc6c(=O)[nH]c(N)nc65)O[C@@H]4COP(=O)(O)OC2C3O)cc1. The number of anilines is 3. The quantitative estimate of drug-likeness (QED) is 0.0246. The van der Waals surface area contributed by atoms with Crippen molar-refractivity contribution >= 4 is 97.1 Å². The first-order chi connectivity index (χ1) is 41.8. The van der Waals surface area contributed by atoms with E-state index in [4.69, 9.17) is 43.8 Å². The minimum atomic E-state index is -5.31. The molecule has 4 aliphatic heterocycles. The van der Waals surface area contributed by atoms with Gasteiger partial charge in [0.05, 0.1) is 25.9 Å². The van der Waals surface area contributed by atoms with Crippen molar-refractivity contribution in [3.05, 3.63) is 71.3 Å². The summed E-state index contributed by atoms with van der Waals surface area (Å²) in [4.78, 5) is 147. The topological polar surface area (TPSA) is 522 Å². The number of rotatable bonds is 21. The summed E-state index contributed by atoms with van der Waals surface area (Å²) in [5.74, 6) is -3.39. The Morgan fingerprint density at radius 2 is 1.44 bits per heavy atom. The van der Waals surface area contributed by atoms with E-state index in [1.807, 2.05) is 0 Å². The Balaban J connectivity index is 0.797. The molecule has 4 aliphatic rings. The Morgan fingerprint density at radius 1 is 0.784 bits per heavy atom. The van der Waals surface area contributed by atoms with Gasteiger partial charge in [-0.3, -0.25) is 71.2 Å². The molecule has 9 rings (SSSR count). The third-order valence-corrected chi connectivity index (χ3v) is 16.1. The number of imidazole rings is 2. The zero-order chi connectivity index (χ0) is 63.2. The third kappa shape index (κ3) is 15.4. The maximum absolute atomic E-state index is 13.7. The van der Waals surface area contributed by atoms with Crippen molar-refractivity contribution in [3.63, 3.8) is 0 Å². The number of H-pyrrole nitrogens is 1. The zero-order valence-electron chi connectivity index (χ0n) is 46.7. The van der Waals surface area contributed by atoms with Crippen LogP contribution in [0.15, 0.2) is 60.2 Å². The van der Waals surface area contributed by atoms with Crippen molar-refractivity contribution < 1.29 is 95.0 Å². The maximum atomic E-state index is 13.7. The Labute approximate surface area is 496 Å². The minimum absolute atomic E-state index is 0.0496. The lowest BCUT2D eigenvalue weighted by Crippen LogP contribution is -2.54. The van der Waals surface area contributed by atoms with Crippen LogP contribution in [-0.4, -0.2) is 181 Å². The number of ether oxygens (including phenoxy) is 3. The molecule has 1 aromatic carbocycles. The van der Waals surface area contributed by atoms with Crippen molar-refractivity contribution in [2.24, 2.45) is 11.7 Å². The number of unbranched alkanes of at least 4 members (excludes halogenated alkanes) is 2. The summed E-state index contributed by atoms with van der Waals surface area (Å²) in [6.45, 7) is 1.54. The number of aliphatic hydroxyl groups is 2. The molecule has 37 nitrogen and oxygen atoms in total. The number of phosphoric ester groups is 2. The van der Waals surface area contributed by atoms with Gasteiger partial charge in [-0.15, -0.1) is 0 Å². The molecule has 474 valence electrons. The van der Waals surface area contributed by atoms with Gasteiger partial charge >= 0.3 is 27.8 Å². The monoisotopic (exact) mass is 1270 g/mol. The second-order valence-electron chi connectivity index (χ2n) is 20.7. The lowest BCUT2D eigenvalue weighted by molar-refractivity contribution is -0.137. The fourth-order valence-electron chi connectivity index (χ4n) is 9.78. The smallest absolute Gasteiger partial charge is 0.444 e. The van der Waals surface area contributed by atoms with E-state index in [2.05, 4.69) is 56.5 Å². The molecule has 3 saturated heterocycles. The first-order valence-corrected chi connectivity index (χ1v) is 30.2. The second-order valence-corrected chi connectivity index (χ2v) is 23.6. The Morgan fingerprint density at radius 3 is 2.14 bits per heavy atom. The minimum Gasteiger partial charge on any atom is -0.444 e. The standard InChI is InChI=1S/C49H62N16O21P2/c1-23(2)32(59-29(66)8-4-3-5-16-63-30(67)13-14-31(63)68)43(72)58-26(7-6-15-52-48(51)74)42(71)57-25-11-9-24(10-12-25)17-80-49(75)60-39-33-40(54-20-53-39)64(21-55-33)46-38-35(69)27(83-46)18-81-87(76,77)85-37-28(19-82-88(78,79)86-38)84-45(36(37)70)65-22-56-34-41(65)61-47(50)62-44(34)73/h9-14,20-23,26-28,32,35-38,45-46,69-70H,3-8,15-19H2,1-2H3,(H,57,71)(H,58,72)(H,59,66)(H,76,77)(H,78,79)(H3,51,52,74)(H3,50,61,62,73)(H,53,54,60,75)/t26-,27+,28+,32-,35?,36?,37-,38?,45+,46+/m0/s1. The number of primary amides is 1. The highest BCUT2D eigenvalue weighted by Gasteiger charge is 2.54. The molecule has 5 aromatic rings. The normalized spacial score (nSPS) is 26.2. The van der Waals surface area contributed by atoms with Crippen molar-refractivity contribution in [2.75, 3.05) is 42.7 Å². The van der Waals surface area contributed by atoms with Gasteiger partial charge in [0.25, 0.3) is 17.4 Å². The molecule has 0 spiro atoms. The van der Waals surface area contributed by atoms with Crippen LogP contribution in [0.2, 0.25) is 0 Å². The number of hydrogen-bond donors (Lipinski definition) is 12. The molecule has 0 saturated carbocycles. The van der Waals surface area contributed by atoms with Gasteiger partial charge in [0, 0.05) is 37.3 Å². The first-order valence-electron chi connectivity index (χ1n) is 27.2. The lowest BCUT2D eigenvalue weighted by Gasteiger charge is -2.25. The van der Waals surface area contributed by atoms with E-state index in [1.54, 1.807) is 13.8 Å². The highest BCUT2D eigenvalue weighted by Crippen LogP contribution is 2.54. The Bertz CT molecular complexity index is 3620. The fourth-order valence-corrected chi connectivity index (χ4v) is 11.7. The number of aromatic nitrogens is 8. The van der Waals surface area contributed by atoms with E-state index in [0.717, 1.165) is 33.0 Å². The molecule has 0 radical (unpaired) electrons. The van der Waals surface area contributed by atoms with E-state index in [9.17, 15) is 67.5 Å². The largest absolute Gasteiger partial charge is 0.472 e. The van der Waals surface area contributed by atoms with Crippen molar-refractivity contribution in [1.82, 2.24) is 59.9 Å². The molecular weight excluding hydrogens is 1210 g/mol. The van der Waals surface area contributed by atoms with E-state index in [0.29, 0.717) is 24.8 Å². The van der Waals surface area contributed by atoms with Gasteiger partial charge in [0.1, 0.15) is 61.6 Å². The second kappa shape index (κ2) is 27.5. The molecule has 8 amide bonds. The van der Waals surface area contributed by atoms with Crippen LogP contribution < -0.4 is 43.6 Å². The highest BCUT2D eigenvalue weighted by molar-refractivity contribution is 7.47. The summed E-state index contributed by atoms with van der Waals surface area (Å²) in [5.41, 5.74) is 10.3. The van der Waals surface area contributed by atoms with Gasteiger partial charge in [-0.1, -0.05) is 32.4 Å². The van der Waals surface area contributed by atoms with Crippen LogP contribution in [0.4, 0.5) is 27.0 Å². The van der Waals surface area contributed by atoms with Gasteiger partial charge in [-0.05, 0) is 49.3 Å². The average Bonchev–Trinajstić information content (AvgIpc) is 1.69. The summed E-state index contributed by atoms with van der Waals surface area (Å²) in [6, 6.07) is 3.12. The molecule has 39 heteroatoms. The summed E-state index contributed by atoms with van der Waals surface area (Å²) in [5, 5.41) is 35.8. The van der Waals surface area contributed by atoms with Crippen LogP contribution in [0.5, 0.6) is 0 Å². The number of carbonyl (C=O) groups excluding carboxylic acids is 7. The van der Waals surface area contributed by atoms with E-state index < -0.39 is 143 Å². The predicted octanol–water partition coefficient (Wildman–Crippen LogP) is -0.677. The fraction of sp³-hybridized carbons (Fsp3) is 0.490. The van der Waals surface area contributed by atoms with Crippen LogP contribution in [0.3, 0.4) is 0 Å². The average molecular weight is 1270 g/mol. The highest BCUT2D eigenvalue weighted by atomic mass is 31.2. The van der Waals surface area contributed by atoms with E-state index >= 15 is 0 Å². The summed E-state index contributed by atoms with van der Waals surface area (Å²) < 4.78 is 67.8. The van der Waals surface area contributed by atoms with Gasteiger partial charge in [-0.2, -0.15) is 4.98 Å². The van der Waals surface area contributed by atoms with Gasteiger partial charge in [-0.25, -0.2) is 38.7 Å². The number of fused-ring (bicyclic) bond motifs is 5. The number of nitrogens with one attached hydrogen (secondary N) is 6. The number of carbonyl (C=O) groups is 7. The molecule has 4 aromatic heterocycles. The van der Waals surface area contributed by atoms with Crippen LogP contribution in [0, 0.1) is 5.92 Å². The van der Waals surface area contributed by atoms with Crippen molar-refractivity contribution in [1.29, 1.82) is 0 Å². The summed E-state index contributed by atoms with van der Waals surface area (Å²) in [6.07, 6.45) is -7.49. The number of amides is 8. The molecule has 0 aliphatic carbocycles. The van der Waals surface area contributed by atoms with E-state index in [1.165, 1.54) is 36.4 Å². The van der Waals surface area contributed by atoms with Crippen LogP contribution in [0.1, 0.15) is 70.4 Å². The van der Waals surface area contributed by atoms with Gasteiger partial charge in [0.2, 0.25) is 23.7 Å². The number of urea groups is 1. The number of phosphoric acid groups is 2. The molecule has 12 atom stereocenters. The molecule has 2 bridgehead atoms. The number of nitrogens with two attached hydrogens (primary N) is 2. The zero-order valence-corrected chi connectivity index (χ0v) is 48.5. The van der Waals surface area contributed by atoms with E-state index in [-0.39, 0.29) is 78.7 Å². The molecule has 8 heterocycles. The summed E-state index contributed by atoms with van der Waals surface area (Å²) in [7, 11) is -10.5. The number of aromatic amines is 1. The molecule has 14 N–H and O–H groups in total. The Hall–Kier alpha value is -8.19. The number of hydrogen-bond acceptors (Lipinski definition) is 25. The molecular formula is C49H62N16O21P2. The summed E-state index contributed by atoms with van der Waals surface area (Å²) >= 11 is 0. The van der Waals surface area contributed by atoms with Crippen LogP contribution in [0.25, 0.3) is 22.3 Å². The lowest BCUT2D eigenvalue weighted by atomic mass is 10.0. The number of nitrogen functional groups attached to an aromatic ring is 1. The van der Waals surface area contributed by atoms with Gasteiger partial charge in [0.15, 0.2) is 40.6 Å².